The van der Waals surface area contributed by atoms with E-state index in [2.05, 4.69) is 63.8 Å². The van der Waals surface area contributed by atoms with E-state index in [1.807, 2.05) is 25.7 Å². The molecule has 2 aromatic heterocycles. The summed E-state index contributed by atoms with van der Waals surface area (Å²) < 4.78 is 7.99. The summed E-state index contributed by atoms with van der Waals surface area (Å²) >= 11 is 1.64. The lowest BCUT2D eigenvalue weighted by Crippen LogP contribution is -2.50. The first-order valence-electron chi connectivity index (χ1n) is 12.0. The minimum Gasteiger partial charge on any atom is -0.376 e. The fraction of sp³-hybridized carbons (Fsp3) is 0.407. The van der Waals surface area contributed by atoms with Gasteiger partial charge >= 0.3 is 6.03 Å². The van der Waals surface area contributed by atoms with Crippen LogP contribution in [0.1, 0.15) is 39.3 Å². The summed E-state index contributed by atoms with van der Waals surface area (Å²) in [5.41, 5.74) is 2.98. The Morgan fingerprint density at radius 2 is 2.06 bits per heavy atom. The van der Waals surface area contributed by atoms with Gasteiger partial charge in [-0.2, -0.15) is 0 Å². The molecule has 0 radical (unpaired) electrons. The number of thiazole rings is 1. The number of ether oxygens (including phenoxy) is 1. The number of carbonyl (C=O) groups is 1. The summed E-state index contributed by atoms with van der Waals surface area (Å²) in [4.78, 5) is 20.8. The van der Waals surface area contributed by atoms with Crippen LogP contribution in [0.3, 0.4) is 0 Å². The molecule has 0 bridgehead atoms. The van der Waals surface area contributed by atoms with Crippen molar-refractivity contribution in [3.63, 3.8) is 0 Å². The van der Waals surface area contributed by atoms with E-state index in [1.54, 1.807) is 11.3 Å². The topological polar surface area (TPSA) is 58.9 Å². The Morgan fingerprint density at radius 1 is 1.24 bits per heavy atom. The number of imidazole rings is 1. The van der Waals surface area contributed by atoms with E-state index >= 15 is 0 Å². The van der Waals surface area contributed by atoms with E-state index in [-0.39, 0.29) is 17.7 Å². The normalized spacial score (nSPS) is 16.4. The SMILES string of the molecule is CC(C)(C)NC(=O)N(CCc1csc2nc(-c3ccc4ccccc4c3)cn12)CC1CCCO1. The molecule has 178 valence electrons. The first-order chi connectivity index (χ1) is 16.4. The van der Waals surface area contributed by atoms with Gasteiger partial charge in [-0.3, -0.25) is 4.40 Å². The number of benzene rings is 2. The van der Waals surface area contributed by atoms with Gasteiger partial charge in [0.15, 0.2) is 4.96 Å². The highest BCUT2D eigenvalue weighted by Crippen LogP contribution is 2.27. The quantitative estimate of drug-likeness (QED) is 0.386. The lowest BCUT2D eigenvalue weighted by molar-refractivity contribution is 0.0803. The van der Waals surface area contributed by atoms with Gasteiger partial charge in [0, 0.05) is 54.5 Å². The number of aromatic nitrogens is 2. The van der Waals surface area contributed by atoms with Crippen LogP contribution in [0.25, 0.3) is 27.0 Å². The van der Waals surface area contributed by atoms with Crippen LogP contribution in [0.15, 0.2) is 54.0 Å². The monoisotopic (exact) mass is 476 g/mol. The summed E-state index contributed by atoms with van der Waals surface area (Å²) in [5, 5.41) is 7.71. The zero-order chi connectivity index (χ0) is 23.7. The number of hydrogen-bond acceptors (Lipinski definition) is 4. The summed E-state index contributed by atoms with van der Waals surface area (Å²) in [6.07, 6.45) is 5.08. The third-order valence-electron chi connectivity index (χ3n) is 6.18. The third-order valence-corrected chi connectivity index (χ3v) is 7.07. The number of fused-ring (bicyclic) bond motifs is 2. The third kappa shape index (κ3) is 5.10. The van der Waals surface area contributed by atoms with Gasteiger partial charge in [0.2, 0.25) is 0 Å². The lowest BCUT2D eigenvalue weighted by Gasteiger charge is -2.30. The van der Waals surface area contributed by atoms with Crippen molar-refractivity contribution in [1.29, 1.82) is 0 Å². The molecule has 2 amide bonds. The van der Waals surface area contributed by atoms with E-state index in [4.69, 9.17) is 9.72 Å². The summed E-state index contributed by atoms with van der Waals surface area (Å²) in [7, 11) is 0. The van der Waals surface area contributed by atoms with Crippen molar-refractivity contribution >= 4 is 33.1 Å². The predicted molar refractivity (Wildman–Crippen MR) is 139 cm³/mol. The van der Waals surface area contributed by atoms with Crippen molar-refractivity contribution in [3.8, 4) is 11.3 Å². The second-order valence-electron chi connectivity index (χ2n) is 10.1. The maximum absolute atomic E-state index is 13.0. The highest BCUT2D eigenvalue weighted by molar-refractivity contribution is 7.15. The molecule has 1 N–H and O–H groups in total. The average Bonchev–Trinajstić information content (AvgIpc) is 3.53. The van der Waals surface area contributed by atoms with Crippen LogP contribution in [0, 0.1) is 0 Å². The second-order valence-corrected chi connectivity index (χ2v) is 10.9. The number of carbonyl (C=O) groups excluding carboxylic acids is 1. The minimum atomic E-state index is -0.277. The average molecular weight is 477 g/mol. The van der Waals surface area contributed by atoms with Crippen LogP contribution in [-0.4, -0.2) is 51.7 Å². The second kappa shape index (κ2) is 9.39. The number of amides is 2. The molecule has 1 saturated heterocycles. The number of urea groups is 1. The number of rotatable bonds is 6. The first-order valence-corrected chi connectivity index (χ1v) is 12.9. The van der Waals surface area contributed by atoms with Crippen LogP contribution < -0.4 is 5.32 Å². The van der Waals surface area contributed by atoms with Crippen molar-refractivity contribution in [3.05, 3.63) is 59.7 Å². The van der Waals surface area contributed by atoms with Gasteiger partial charge in [-0.15, -0.1) is 11.3 Å². The summed E-state index contributed by atoms with van der Waals surface area (Å²) in [6, 6.07) is 14.8. The summed E-state index contributed by atoms with van der Waals surface area (Å²) in [5.74, 6) is 0. The van der Waals surface area contributed by atoms with Crippen molar-refractivity contribution in [2.75, 3.05) is 19.7 Å². The van der Waals surface area contributed by atoms with Gasteiger partial charge in [-0.25, -0.2) is 9.78 Å². The fourth-order valence-electron chi connectivity index (χ4n) is 4.46. The molecule has 0 spiro atoms. The smallest absolute Gasteiger partial charge is 0.317 e. The highest BCUT2D eigenvalue weighted by atomic mass is 32.1. The molecule has 2 aromatic carbocycles. The molecule has 1 atom stereocenters. The molecular weight excluding hydrogens is 444 g/mol. The van der Waals surface area contributed by atoms with E-state index in [9.17, 15) is 4.79 Å². The van der Waals surface area contributed by atoms with Crippen LogP contribution in [-0.2, 0) is 11.2 Å². The minimum absolute atomic E-state index is 0.0306. The van der Waals surface area contributed by atoms with Gasteiger partial charge in [-0.05, 0) is 50.5 Å². The van der Waals surface area contributed by atoms with E-state index in [1.165, 1.54) is 16.5 Å². The Morgan fingerprint density at radius 3 is 2.82 bits per heavy atom. The van der Waals surface area contributed by atoms with Gasteiger partial charge in [0.1, 0.15) is 0 Å². The molecule has 0 saturated carbocycles. The molecule has 3 heterocycles. The number of nitrogens with one attached hydrogen (secondary N) is 1. The zero-order valence-corrected chi connectivity index (χ0v) is 20.9. The first kappa shape index (κ1) is 22.9. The highest BCUT2D eigenvalue weighted by Gasteiger charge is 2.25. The Kier molecular flexibility index (Phi) is 6.32. The maximum atomic E-state index is 13.0. The van der Waals surface area contributed by atoms with Gasteiger partial charge < -0.3 is 15.0 Å². The van der Waals surface area contributed by atoms with E-state index in [0.29, 0.717) is 13.1 Å². The molecule has 0 aliphatic carbocycles. The number of nitrogens with zero attached hydrogens (tertiary/aromatic N) is 3. The van der Waals surface area contributed by atoms with Crippen LogP contribution in [0.2, 0.25) is 0 Å². The molecule has 1 unspecified atom stereocenters. The van der Waals surface area contributed by atoms with E-state index in [0.717, 1.165) is 42.1 Å². The van der Waals surface area contributed by atoms with E-state index < -0.39 is 0 Å². The van der Waals surface area contributed by atoms with Crippen molar-refractivity contribution in [2.24, 2.45) is 0 Å². The molecule has 7 heteroatoms. The van der Waals surface area contributed by atoms with Gasteiger partial charge in [-0.1, -0.05) is 36.4 Å². The van der Waals surface area contributed by atoms with Crippen LogP contribution in [0.5, 0.6) is 0 Å². The summed E-state index contributed by atoms with van der Waals surface area (Å²) in [6.45, 7) is 8.09. The van der Waals surface area contributed by atoms with Crippen molar-refractivity contribution in [2.45, 2.75) is 51.7 Å². The van der Waals surface area contributed by atoms with Gasteiger partial charge in [0.05, 0.1) is 11.8 Å². The Bertz CT molecular complexity index is 1300. The Labute approximate surface area is 204 Å². The Hall–Kier alpha value is -2.90. The molecular formula is C27H32N4O2S. The molecule has 1 aliphatic rings. The zero-order valence-electron chi connectivity index (χ0n) is 20.1. The molecule has 1 aliphatic heterocycles. The predicted octanol–water partition coefficient (Wildman–Crippen LogP) is 5.75. The molecule has 4 aromatic rings. The standard InChI is InChI=1S/C27H32N4O2S/c1-27(2,3)29-25(32)30(16-23-9-6-14-33-23)13-12-22-18-34-26-28-24(17-31(22)26)21-11-10-19-7-4-5-8-20(19)15-21/h4-5,7-8,10-11,15,17-18,23H,6,9,12-14,16H2,1-3H3,(H,29,32). The molecule has 34 heavy (non-hydrogen) atoms. The maximum Gasteiger partial charge on any atom is 0.317 e. The van der Waals surface area contributed by atoms with Crippen LogP contribution >= 0.6 is 11.3 Å². The van der Waals surface area contributed by atoms with Crippen molar-refractivity contribution < 1.29 is 9.53 Å². The largest absolute Gasteiger partial charge is 0.376 e. The Balaban J connectivity index is 1.34. The van der Waals surface area contributed by atoms with Crippen molar-refractivity contribution in [1.82, 2.24) is 19.6 Å². The molecule has 1 fully saturated rings. The number of hydrogen-bond donors (Lipinski definition) is 1. The fourth-order valence-corrected chi connectivity index (χ4v) is 5.36. The molecule has 5 rings (SSSR count). The van der Waals surface area contributed by atoms with Gasteiger partial charge in [0.25, 0.3) is 0 Å². The van der Waals surface area contributed by atoms with Crippen LogP contribution in [0.4, 0.5) is 4.79 Å². The molecule has 6 nitrogen and oxygen atoms in total. The lowest BCUT2D eigenvalue weighted by atomic mass is 10.1.